The lowest BCUT2D eigenvalue weighted by Gasteiger charge is -2.29. The zero-order valence-corrected chi connectivity index (χ0v) is 19.0. The summed E-state index contributed by atoms with van der Waals surface area (Å²) in [5.41, 5.74) is 0.950. The predicted octanol–water partition coefficient (Wildman–Crippen LogP) is 3.94. The maximum absolute atomic E-state index is 14.6. The zero-order chi connectivity index (χ0) is 24.1. The van der Waals surface area contributed by atoms with Gasteiger partial charge in [-0.05, 0) is 55.8 Å². The second-order valence-corrected chi connectivity index (χ2v) is 8.64. The summed E-state index contributed by atoms with van der Waals surface area (Å²) in [4.78, 5) is 6.28. The number of aliphatic hydroxyl groups excluding tert-OH is 1. The number of aromatic nitrogens is 1. The highest BCUT2D eigenvalue weighted by Crippen LogP contribution is 2.26. The van der Waals surface area contributed by atoms with E-state index in [0.29, 0.717) is 48.3 Å². The molecule has 0 radical (unpaired) electrons. The standard InChI is InChI=1S/C26H28F3N3O2/c1-34-20-5-7-25-22(14-20)21(24(29)15-30-25)8-10-31-26(17-33)9-12-32(16-26)11-2-3-18-13-19(27)4-6-23(18)28/h2-7,13-15,31,33H,8-12,16-17H2,1H3/b3-2+. The summed E-state index contributed by atoms with van der Waals surface area (Å²) in [6.07, 6.45) is 5.74. The number of rotatable bonds is 9. The van der Waals surface area contributed by atoms with Gasteiger partial charge in [-0.2, -0.15) is 0 Å². The van der Waals surface area contributed by atoms with Gasteiger partial charge in [0.05, 0.1) is 31.0 Å². The highest BCUT2D eigenvalue weighted by atomic mass is 19.1. The van der Waals surface area contributed by atoms with Gasteiger partial charge in [-0.25, -0.2) is 13.2 Å². The Balaban J connectivity index is 1.37. The molecule has 1 unspecified atom stereocenters. The number of likely N-dealkylation sites (tertiary alicyclic amines) is 1. The molecule has 2 heterocycles. The van der Waals surface area contributed by atoms with Crippen LogP contribution in [0.3, 0.4) is 0 Å². The maximum Gasteiger partial charge on any atom is 0.145 e. The highest BCUT2D eigenvalue weighted by Gasteiger charge is 2.36. The molecule has 1 aliphatic rings. The van der Waals surface area contributed by atoms with Crippen molar-refractivity contribution in [1.82, 2.24) is 15.2 Å². The molecule has 1 aromatic heterocycles. The highest BCUT2D eigenvalue weighted by molar-refractivity contribution is 5.83. The van der Waals surface area contributed by atoms with Crippen molar-refractivity contribution in [2.24, 2.45) is 0 Å². The Morgan fingerprint density at radius 2 is 2.03 bits per heavy atom. The van der Waals surface area contributed by atoms with Crippen LogP contribution in [0.5, 0.6) is 5.75 Å². The second kappa shape index (κ2) is 10.5. The van der Waals surface area contributed by atoms with E-state index in [2.05, 4.69) is 15.2 Å². The van der Waals surface area contributed by atoms with E-state index in [0.717, 1.165) is 31.2 Å². The van der Waals surface area contributed by atoms with Crippen LogP contribution in [0, 0.1) is 17.5 Å². The van der Waals surface area contributed by atoms with Gasteiger partial charge in [0.15, 0.2) is 0 Å². The molecule has 0 saturated carbocycles. The first-order valence-electron chi connectivity index (χ1n) is 11.2. The first-order chi connectivity index (χ1) is 16.4. The van der Waals surface area contributed by atoms with E-state index in [4.69, 9.17) is 4.74 Å². The first kappa shape index (κ1) is 24.2. The maximum atomic E-state index is 14.6. The number of hydrogen-bond donors (Lipinski definition) is 2. The third-order valence-electron chi connectivity index (χ3n) is 6.36. The van der Waals surface area contributed by atoms with Gasteiger partial charge >= 0.3 is 0 Å². The number of aliphatic hydroxyl groups is 1. The molecule has 0 aliphatic carbocycles. The van der Waals surface area contributed by atoms with Crippen molar-refractivity contribution >= 4 is 17.0 Å². The minimum atomic E-state index is -0.505. The molecule has 34 heavy (non-hydrogen) atoms. The number of fused-ring (bicyclic) bond motifs is 1. The molecule has 1 fully saturated rings. The van der Waals surface area contributed by atoms with E-state index in [-0.39, 0.29) is 18.0 Å². The number of nitrogens with zero attached hydrogens (tertiary/aromatic N) is 2. The fourth-order valence-corrected chi connectivity index (χ4v) is 4.45. The predicted molar refractivity (Wildman–Crippen MR) is 126 cm³/mol. The van der Waals surface area contributed by atoms with Crippen LogP contribution < -0.4 is 10.1 Å². The third kappa shape index (κ3) is 5.41. The average Bonchev–Trinajstić information content (AvgIpc) is 3.26. The summed E-state index contributed by atoms with van der Waals surface area (Å²) in [5, 5.41) is 14.2. The molecule has 180 valence electrons. The lowest BCUT2D eigenvalue weighted by Crippen LogP contribution is -2.51. The number of ether oxygens (including phenoxy) is 1. The minimum absolute atomic E-state index is 0.0564. The molecular weight excluding hydrogens is 443 g/mol. The largest absolute Gasteiger partial charge is 0.497 e. The van der Waals surface area contributed by atoms with Crippen LogP contribution in [0.1, 0.15) is 17.5 Å². The lowest BCUT2D eigenvalue weighted by atomic mass is 9.99. The second-order valence-electron chi connectivity index (χ2n) is 8.64. The number of halogens is 3. The molecule has 4 rings (SSSR count). The van der Waals surface area contributed by atoms with Crippen LogP contribution in [0.25, 0.3) is 17.0 Å². The Morgan fingerprint density at radius 3 is 2.82 bits per heavy atom. The molecule has 5 nitrogen and oxygen atoms in total. The van der Waals surface area contributed by atoms with Gasteiger partial charge in [0.2, 0.25) is 0 Å². The SMILES string of the molecule is COc1ccc2ncc(F)c(CCNC3(CO)CCN(C/C=C/c4cc(F)ccc4F)C3)c2c1. The molecule has 2 N–H and O–H groups in total. The zero-order valence-electron chi connectivity index (χ0n) is 19.0. The topological polar surface area (TPSA) is 57.6 Å². The van der Waals surface area contributed by atoms with Crippen LogP contribution in [0.2, 0.25) is 0 Å². The Labute approximate surface area is 196 Å². The Morgan fingerprint density at radius 1 is 1.18 bits per heavy atom. The van der Waals surface area contributed by atoms with E-state index in [1.807, 2.05) is 0 Å². The lowest BCUT2D eigenvalue weighted by molar-refractivity contribution is 0.163. The third-order valence-corrected chi connectivity index (χ3v) is 6.36. The van der Waals surface area contributed by atoms with Crippen LogP contribution >= 0.6 is 0 Å². The Kier molecular flexibility index (Phi) is 7.50. The molecule has 3 aromatic rings. The van der Waals surface area contributed by atoms with Crippen molar-refractivity contribution < 1.29 is 23.0 Å². The molecular formula is C26H28F3N3O2. The summed E-state index contributed by atoms with van der Waals surface area (Å²) in [7, 11) is 1.57. The average molecular weight is 472 g/mol. The fourth-order valence-electron chi connectivity index (χ4n) is 4.45. The van der Waals surface area contributed by atoms with Crippen LogP contribution in [-0.2, 0) is 6.42 Å². The summed E-state index contributed by atoms with van der Waals surface area (Å²) in [6.45, 7) is 2.30. The van der Waals surface area contributed by atoms with Crippen molar-refractivity contribution in [2.75, 3.05) is 39.9 Å². The van der Waals surface area contributed by atoms with Crippen LogP contribution in [0.4, 0.5) is 13.2 Å². The van der Waals surface area contributed by atoms with E-state index in [9.17, 15) is 18.3 Å². The fraction of sp³-hybridized carbons (Fsp3) is 0.346. The van der Waals surface area contributed by atoms with Crippen molar-refractivity contribution in [2.45, 2.75) is 18.4 Å². The quantitative estimate of drug-likeness (QED) is 0.495. The van der Waals surface area contributed by atoms with Gasteiger partial charge < -0.3 is 15.2 Å². The Bertz CT molecular complexity index is 1190. The molecule has 1 saturated heterocycles. The van der Waals surface area contributed by atoms with Crippen LogP contribution in [-0.4, -0.2) is 60.4 Å². The monoisotopic (exact) mass is 471 g/mol. The summed E-state index contributed by atoms with van der Waals surface area (Å²) < 4.78 is 47.0. The molecule has 2 aromatic carbocycles. The van der Waals surface area contributed by atoms with E-state index < -0.39 is 17.2 Å². The van der Waals surface area contributed by atoms with Crippen molar-refractivity contribution in [3.05, 3.63) is 77.2 Å². The van der Waals surface area contributed by atoms with Gasteiger partial charge in [0.1, 0.15) is 23.2 Å². The van der Waals surface area contributed by atoms with Crippen molar-refractivity contribution in [1.29, 1.82) is 0 Å². The summed E-state index contributed by atoms with van der Waals surface area (Å²) >= 11 is 0. The first-order valence-corrected chi connectivity index (χ1v) is 11.2. The molecule has 0 amide bonds. The van der Waals surface area contributed by atoms with Gasteiger partial charge in [-0.15, -0.1) is 0 Å². The van der Waals surface area contributed by atoms with E-state index in [1.54, 1.807) is 37.5 Å². The van der Waals surface area contributed by atoms with Gasteiger partial charge in [-0.3, -0.25) is 9.88 Å². The normalized spacial score (nSPS) is 18.9. The summed E-state index contributed by atoms with van der Waals surface area (Å²) in [6, 6.07) is 8.74. The van der Waals surface area contributed by atoms with Crippen molar-refractivity contribution in [3.8, 4) is 5.75 Å². The number of nitrogens with one attached hydrogen (secondary N) is 1. The minimum Gasteiger partial charge on any atom is -0.497 e. The molecule has 8 heteroatoms. The smallest absolute Gasteiger partial charge is 0.145 e. The number of hydrogen-bond acceptors (Lipinski definition) is 5. The van der Waals surface area contributed by atoms with Gasteiger partial charge in [0, 0.05) is 36.1 Å². The number of pyridine rings is 1. The molecule has 0 spiro atoms. The molecule has 1 aliphatic heterocycles. The Hall–Kier alpha value is -2.94. The number of methoxy groups -OCH3 is 1. The van der Waals surface area contributed by atoms with E-state index >= 15 is 0 Å². The summed E-state index contributed by atoms with van der Waals surface area (Å²) in [5.74, 6) is -0.691. The molecule has 1 atom stereocenters. The van der Waals surface area contributed by atoms with Gasteiger partial charge in [-0.1, -0.05) is 12.2 Å². The van der Waals surface area contributed by atoms with Crippen molar-refractivity contribution in [3.63, 3.8) is 0 Å². The molecule has 0 bridgehead atoms. The van der Waals surface area contributed by atoms with Gasteiger partial charge in [0.25, 0.3) is 0 Å². The van der Waals surface area contributed by atoms with E-state index in [1.165, 1.54) is 6.20 Å². The number of benzene rings is 2. The van der Waals surface area contributed by atoms with Crippen LogP contribution in [0.15, 0.2) is 48.7 Å².